The van der Waals surface area contributed by atoms with E-state index in [0.29, 0.717) is 23.1 Å². The second-order valence-corrected chi connectivity index (χ2v) is 10.6. The predicted octanol–water partition coefficient (Wildman–Crippen LogP) is 3.86. The third-order valence-corrected chi connectivity index (χ3v) is 8.75. The number of benzene rings is 2. The van der Waals surface area contributed by atoms with Crippen LogP contribution in [0.25, 0.3) is 0 Å². The third kappa shape index (κ3) is 4.47. The highest BCUT2D eigenvalue weighted by molar-refractivity contribution is 7.99. The molecule has 2 aliphatic heterocycles. The minimum atomic E-state index is -4.19. The summed E-state index contributed by atoms with van der Waals surface area (Å²) >= 11 is 1.43. The molecule has 0 spiro atoms. The second kappa shape index (κ2) is 8.84. The van der Waals surface area contributed by atoms with Crippen LogP contribution in [0.1, 0.15) is 30.9 Å². The quantitative estimate of drug-likeness (QED) is 0.737. The number of carbonyl (C=O) groups excluding carboxylic acids is 1. The van der Waals surface area contributed by atoms with E-state index in [1.165, 1.54) is 17.8 Å². The second-order valence-electron chi connectivity index (χ2n) is 7.61. The number of piperidine rings is 1. The molecule has 5 nitrogen and oxygen atoms in total. The van der Waals surface area contributed by atoms with Gasteiger partial charge in [-0.15, -0.1) is 11.8 Å². The summed E-state index contributed by atoms with van der Waals surface area (Å²) in [4.78, 5) is 12.6. The Morgan fingerprint density at radius 1 is 1.03 bits per heavy atom. The lowest BCUT2D eigenvalue weighted by atomic mass is 9.95. The number of sulfonamides is 1. The molecule has 2 aromatic carbocycles. The molecule has 1 fully saturated rings. The van der Waals surface area contributed by atoms with Crippen molar-refractivity contribution >= 4 is 27.7 Å². The van der Waals surface area contributed by atoms with Crippen molar-refractivity contribution in [2.75, 3.05) is 18.8 Å². The molecular formula is C21H21F3N2O3S2. The number of carbonyl (C=O) groups is 1. The Kier molecular flexibility index (Phi) is 6.32. The number of hydrogen-bond donors (Lipinski definition) is 1. The molecule has 4 rings (SSSR count). The van der Waals surface area contributed by atoms with Crippen LogP contribution in [0.4, 0.5) is 13.2 Å². The van der Waals surface area contributed by atoms with E-state index in [4.69, 9.17) is 0 Å². The van der Waals surface area contributed by atoms with Crippen LogP contribution < -0.4 is 5.32 Å². The molecule has 1 saturated heterocycles. The van der Waals surface area contributed by atoms with E-state index in [-0.39, 0.29) is 43.7 Å². The van der Waals surface area contributed by atoms with Crippen LogP contribution >= 0.6 is 11.8 Å². The zero-order chi connectivity index (χ0) is 22.2. The fraction of sp³-hybridized carbons (Fsp3) is 0.381. The van der Waals surface area contributed by atoms with Crippen molar-refractivity contribution in [3.8, 4) is 0 Å². The van der Waals surface area contributed by atoms with E-state index in [0.717, 1.165) is 22.0 Å². The number of amides is 1. The van der Waals surface area contributed by atoms with Crippen molar-refractivity contribution in [2.24, 2.45) is 5.92 Å². The number of hydrogen-bond acceptors (Lipinski definition) is 4. The molecule has 166 valence electrons. The predicted molar refractivity (Wildman–Crippen MR) is 110 cm³/mol. The Labute approximate surface area is 183 Å². The average Bonchev–Trinajstić information content (AvgIpc) is 2.76. The third-order valence-electron chi connectivity index (χ3n) is 5.68. The summed E-state index contributed by atoms with van der Waals surface area (Å²) in [5.41, 5.74) is 0.756. The molecule has 0 saturated carbocycles. The summed E-state index contributed by atoms with van der Waals surface area (Å²) in [6.07, 6.45) is 1.21. The van der Waals surface area contributed by atoms with Crippen molar-refractivity contribution in [2.45, 2.75) is 35.1 Å². The highest BCUT2D eigenvalue weighted by atomic mass is 32.2. The molecule has 0 aliphatic carbocycles. The summed E-state index contributed by atoms with van der Waals surface area (Å²) in [5, 5.41) is 2.98. The number of halogens is 3. The SMILES string of the molecule is O=C(NC1CCSc2c(F)cccc21)C1CCN(S(=O)(=O)c2cc(F)ccc2F)CC1. The number of fused-ring (bicyclic) bond motifs is 1. The van der Waals surface area contributed by atoms with E-state index in [9.17, 15) is 26.4 Å². The van der Waals surface area contributed by atoms with Crippen LogP contribution in [0.2, 0.25) is 0 Å². The Morgan fingerprint density at radius 3 is 2.52 bits per heavy atom. The van der Waals surface area contributed by atoms with Crippen molar-refractivity contribution in [3.63, 3.8) is 0 Å². The molecule has 10 heteroatoms. The molecule has 2 heterocycles. The van der Waals surface area contributed by atoms with Crippen molar-refractivity contribution in [1.82, 2.24) is 9.62 Å². The van der Waals surface area contributed by atoms with Gasteiger partial charge in [0.2, 0.25) is 15.9 Å². The first-order valence-electron chi connectivity index (χ1n) is 9.94. The monoisotopic (exact) mass is 470 g/mol. The van der Waals surface area contributed by atoms with E-state index in [1.54, 1.807) is 12.1 Å². The van der Waals surface area contributed by atoms with Crippen molar-refractivity contribution in [1.29, 1.82) is 0 Å². The molecule has 2 aliphatic rings. The van der Waals surface area contributed by atoms with Gasteiger partial charge in [-0.25, -0.2) is 21.6 Å². The Balaban J connectivity index is 1.41. The zero-order valence-corrected chi connectivity index (χ0v) is 18.1. The Bertz CT molecular complexity index is 1100. The summed E-state index contributed by atoms with van der Waals surface area (Å²) in [6, 6.07) is 6.84. The molecule has 2 aromatic rings. The first kappa shape index (κ1) is 22.2. The van der Waals surface area contributed by atoms with Crippen LogP contribution in [0.3, 0.4) is 0 Å². The number of nitrogens with zero attached hydrogens (tertiary/aromatic N) is 1. The fourth-order valence-corrected chi connectivity index (χ4v) is 6.68. The molecular weight excluding hydrogens is 449 g/mol. The molecule has 1 amide bonds. The van der Waals surface area contributed by atoms with Gasteiger partial charge in [-0.3, -0.25) is 4.79 Å². The van der Waals surface area contributed by atoms with Crippen molar-refractivity contribution < 1.29 is 26.4 Å². The maximum absolute atomic E-state index is 14.0. The van der Waals surface area contributed by atoms with Gasteiger partial charge in [0.15, 0.2) is 0 Å². The van der Waals surface area contributed by atoms with Crippen LogP contribution in [0.15, 0.2) is 46.2 Å². The molecule has 0 aromatic heterocycles. The van der Waals surface area contributed by atoms with Gasteiger partial charge in [-0.2, -0.15) is 4.31 Å². The van der Waals surface area contributed by atoms with Crippen molar-refractivity contribution in [3.05, 3.63) is 59.4 Å². The lowest BCUT2D eigenvalue weighted by Gasteiger charge is -2.32. The standard InChI is InChI=1S/C21H21F3N2O3S2/c22-14-4-5-16(23)19(12-14)31(28,29)26-9-6-13(7-10-26)21(27)25-18-8-11-30-20-15(18)2-1-3-17(20)24/h1-5,12-13,18H,6-11H2,(H,25,27). The molecule has 0 bridgehead atoms. The van der Waals surface area contributed by atoms with E-state index < -0.39 is 32.5 Å². The summed E-state index contributed by atoms with van der Waals surface area (Å²) in [5.74, 6) is -2.07. The average molecular weight is 471 g/mol. The van der Waals surface area contributed by atoms with Crippen LogP contribution in [-0.4, -0.2) is 37.5 Å². The first-order chi connectivity index (χ1) is 14.8. The van der Waals surface area contributed by atoms with Crippen LogP contribution in [-0.2, 0) is 14.8 Å². The van der Waals surface area contributed by atoms with Gasteiger partial charge in [0.05, 0.1) is 6.04 Å². The maximum atomic E-state index is 14.0. The molecule has 31 heavy (non-hydrogen) atoms. The lowest BCUT2D eigenvalue weighted by Crippen LogP contribution is -2.44. The summed E-state index contributed by atoms with van der Waals surface area (Å²) in [6.45, 7) is 0.0597. The smallest absolute Gasteiger partial charge is 0.246 e. The minimum Gasteiger partial charge on any atom is -0.349 e. The van der Waals surface area contributed by atoms with Gasteiger partial charge < -0.3 is 5.32 Å². The summed E-state index contributed by atoms with van der Waals surface area (Å²) in [7, 11) is -4.19. The molecule has 1 N–H and O–H groups in total. The number of nitrogens with one attached hydrogen (secondary N) is 1. The van der Waals surface area contributed by atoms with E-state index in [2.05, 4.69) is 5.32 Å². The molecule has 1 atom stereocenters. The molecule has 0 radical (unpaired) electrons. The zero-order valence-electron chi connectivity index (χ0n) is 16.5. The normalized spacial score (nSPS) is 20.3. The first-order valence-corrected chi connectivity index (χ1v) is 12.4. The van der Waals surface area contributed by atoms with Gasteiger partial charge >= 0.3 is 0 Å². The van der Waals surface area contributed by atoms with Gasteiger partial charge in [0, 0.05) is 29.7 Å². The maximum Gasteiger partial charge on any atom is 0.246 e. The van der Waals surface area contributed by atoms with Crippen LogP contribution in [0.5, 0.6) is 0 Å². The minimum absolute atomic E-state index is 0.0299. The lowest BCUT2D eigenvalue weighted by molar-refractivity contribution is -0.127. The van der Waals surface area contributed by atoms with Crippen LogP contribution in [0, 0.1) is 23.4 Å². The van der Waals surface area contributed by atoms with E-state index in [1.807, 2.05) is 0 Å². The number of rotatable bonds is 4. The highest BCUT2D eigenvalue weighted by Crippen LogP contribution is 2.38. The van der Waals surface area contributed by atoms with Gasteiger partial charge in [0.1, 0.15) is 22.3 Å². The van der Waals surface area contributed by atoms with E-state index >= 15 is 0 Å². The summed E-state index contributed by atoms with van der Waals surface area (Å²) < 4.78 is 67.9. The Morgan fingerprint density at radius 2 is 1.77 bits per heavy atom. The number of thioether (sulfide) groups is 1. The van der Waals surface area contributed by atoms with Gasteiger partial charge in [-0.1, -0.05) is 12.1 Å². The Hall–Kier alpha value is -2.04. The fourth-order valence-electron chi connectivity index (χ4n) is 4.00. The topological polar surface area (TPSA) is 66.5 Å². The highest BCUT2D eigenvalue weighted by Gasteiger charge is 2.35. The van der Waals surface area contributed by atoms with Gasteiger partial charge in [0.25, 0.3) is 0 Å². The largest absolute Gasteiger partial charge is 0.349 e. The van der Waals surface area contributed by atoms with Gasteiger partial charge in [-0.05, 0) is 49.1 Å². The molecule has 1 unspecified atom stereocenters.